The lowest BCUT2D eigenvalue weighted by Crippen LogP contribution is -2.26. The van der Waals surface area contributed by atoms with Crippen LogP contribution in [0.4, 0.5) is 0 Å². The first-order valence-electron chi connectivity index (χ1n) is 5.53. The Bertz CT molecular complexity index is 315. The number of rotatable bonds is 2. The lowest BCUT2D eigenvalue weighted by molar-refractivity contribution is 0.459. The second-order valence-electron chi connectivity index (χ2n) is 4.64. The molecule has 0 aliphatic heterocycles. The lowest BCUT2D eigenvalue weighted by atomic mass is 10.0. The number of hydrogen-bond donors (Lipinski definition) is 1. The predicted molar refractivity (Wildman–Crippen MR) is 60.5 cm³/mol. The van der Waals surface area contributed by atoms with Crippen LogP contribution in [-0.4, -0.2) is 6.04 Å². The first kappa shape index (κ1) is 9.72. The number of hydrogen-bond acceptors (Lipinski definition) is 1. The quantitative estimate of drug-likeness (QED) is 0.753. The summed E-state index contributed by atoms with van der Waals surface area (Å²) < 4.78 is 0. The molecule has 1 aromatic carbocycles. The topological polar surface area (TPSA) is 12.0 Å². The van der Waals surface area contributed by atoms with E-state index in [0.29, 0.717) is 18.0 Å². The number of fused-ring (bicyclic) bond motifs is 1. The van der Waals surface area contributed by atoms with Crippen LogP contribution in [0.15, 0.2) is 24.3 Å². The minimum Gasteiger partial charge on any atom is -0.308 e. The first-order chi connectivity index (χ1) is 6.68. The third kappa shape index (κ3) is 1.69. The van der Waals surface area contributed by atoms with Crippen LogP contribution < -0.4 is 5.32 Å². The zero-order chi connectivity index (χ0) is 10.1. The molecule has 0 aromatic heterocycles. The fourth-order valence-corrected chi connectivity index (χ4v) is 2.44. The smallest absolute Gasteiger partial charge is 0.0330 e. The molecule has 2 atom stereocenters. The van der Waals surface area contributed by atoms with Gasteiger partial charge < -0.3 is 5.32 Å². The van der Waals surface area contributed by atoms with Crippen molar-refractivity contribution in [3.63, 3.8) is 0 Å². The molecule has 0 radical (unpaired) electrons. The number of nitrogens with one attached hydrogen (secondary N) is 1. The Morgan fingerprint density at radius 2 is 1.86 bits per heavy atom. The fourth-order valence-electron chi connectivity index (χ4n) is 2.44. The Kier molecular flexibility index (Phi) is 2.60. The highest BCUT2D eigenvalue weighted by Gasteiger charge is 2.27. The molecule has 0 bridgehead atoms. The van der Waals surface area contributed by atoms with Crippen molar-refractivity contribution in [2.75, 3.05) is 0 Å². The van der Waals surface area contributed by atoms with E-state index in [0.717, 1.165) is 0 Å². The van der Waals surface area contributed by atoms with E-state index in [1.165, 1.54) is 17.5 Å². The Hall–Kier alpha value is -0.820. The molecule has 1 aliphatic rings. The summed E-state index contributed by atoms with van der Waals surface area (Å²) in [5.74, 6) is 0.711. The van der Waals surface area contributed by atoms with Crippen molar-refractivity contribution in [1.82, 2.24) is 5.32 Å². The van der Waals surface area contributed by atoms with Gasteiger partial charge in [0, 0.05) is 12.1 Å². The molecular weight excluding hydrogens is 170 g/mol. The summed E-state index contributed by atoms with van der Waals surface area (Å²) in [4.78, 5) is 0. The van der Waals surface area contributed by atoms with E-state index in [1.807, 2.05) is 0 Å². The summed E-state index contributed by atoms with van der Waals surface area (Å²) in [6.07, 6.45) is 1.25. The van der Waals surface area contributed by atoms with Gasteiger partial charge in [-0.3, -0.25) is 0 Å². The van der Waals surface area contributed by atoms with Gasteiger partial charge in [-0.05, 0) is 23.5 Å². The van der Waals surface area contributed by atoms with Gasteiger partial charge in [0.15, 0.2) is 0 Å². The molecule has 14 heavy (non-hydrogen) atoms. The predicted octanol–water partition coefficient (Wildman–Crippen LogP) is 3.23. The Morgan fingerprint density at radius 1 is 1.21 bits per heavy atom. The highest BCUT2D eigenvalue weighted by Crippen LogP contribution is 2.39. The van der Waals surface area contributed by atoms with Crippen molar-refractivity contribution in [3.8, 4) is 0 Å². The van der Waals surface area contributed by atoms with Gasteiger partial charge in [-0.1, -0.05) is 45.0 Å². The van der Waals surface area contributed by atoms with Gasteiger partial charge in [-0.15, -0.1) is 0 Å². The van der Waals surface area contributed by atoms with Crippen LogP contribution >= 0.6 is 0 Å². The van der Waals surface area contributed by atoms with Crippen molar-refractivity contribution in [3.05, 3.63) is 35.4 Å². The summed E-state index contributed by atoms with van der Waals surface area (Å²) in [5, 5.41) is 3.63. The van der Waals surface area contributed by atoms with Crippen LogP contribution in [0.3, 0.4) is 0 Å². The van der Waals surface area contributed by atoms with E-state index in [4.69, 9.17) is 0 Å². The van der Waals surface area contributed by atoms with Crippen molar-refractivity contribution in [2.45, 2.75) is 45.2 Å². The summed E-state index contributed by atoms with van der Waals surface area (Å²) in [6, 6.07) is 9.96. The molecule has 0 heterocycles. The van der Waals surface area contributed by atoms with E-state index in [9.17, 15) is 0 Å². The van der Waals surface area contributed by atoms with E-state index < -0.39 is 0 Å². The highest BCUT2D eigenvalue weighted by molar-refractivity contribution is 5.37. The summed E-state index contributed by atoms with van der Waals surface area (Å²) in [6.45, 7) is 6.75. The molecule has 2 unspecified atom stereocenters. The van der Waals surface area contributed by atoms with E-state index in [1.54, 1.807) is 0 Å². The minimum atomic E-state index is 0.568. The van der Waals surface area contributed by atoms with Crippen LogP contribution in [0.2, 0.25) is 0 Å². The van der Waals surface area contributed by atoms with Crippen molar-refractivity contribution < 1.29 is 0 Å². The molecular formula is C13H19N. The fraction of sp³-hybridized carbons (Fsp3) is 0.538. The third-order valence-electron chi connectivity index (χ3n) is 3.03. The molecule has 0 saturated heterocycles. The van der Waals surface area contributed by atoms with E-state index in [-0.39, 0.29) is 0 Å². The van der Waals surface area contributed by atoms with Gasteiger partial charge in [0.25, 0.3) is 0 Å². The van der Waals surface area contributed by atoms with Crippen LogP contribution in [0.1, 0.15) is 50.3 Å². The first-order valence-corrected chi connectivity index (χ1v) is 5.53. The van der Waals surface area contributed by atoms with Gasteiger partial charge in [-0.2, -0.15) is 0 Å². The standard InChI is InChI=1S/C13H19N/c1-9(2)14-13-8-10(3)11-6-4-5-7-12(11)13/h4-7,9-10,13-14H,8H2,1-3H3. The Labute approximate surface area is 86.5 Å². The van der Waals surface area contributed by atoms with Crippen molar-refractivity contribution >= 4 is 0 Å². The zero-order valence-electron chi connectivity index (χ0n) is 9.25. The molecule has 0 amide bonds. The maximum Gasteiger partial charge on any atom is 0.0330 e. The number of benzene rings is 1. The maximum absolute atomic E-state index is 3.63. The van der Waals surface area contributed by atoms with Crippen LogP contribution in [0.5, 0.6) is 0 Å². The molecule has 0 fully saturated rings. The van der Waals surface area contributed by atoms with Crippen molar-refractivity contribution in [1.29, 1.82) is 0 Å². The van der Waals surface area contributed by atoms with Gasteiger partial charge in [0.1, 0.15) is 0 Å². The van der Waals surface area contributed by atoms with Crippen LogP contribution in [-0.2, 0) is 0 Å². The van der Waals surface area contributed by atoms with Crippen LogP contribution in [0.25, 0.3) is 0 Å². The highest BCUT2D eigenvalue weighted by atomic mass is 14.9. The lowest BCUT2D eigenvalue weighted by Gasteiger charge is -2.16. The molecule has 2 rings (SSSR count). The average Bonchev–Trinajstić information content (AvgIpc) is 2.44. The van der Waals surface area contributed by atoms with Gasteiger partial charge in [0.05, 0.1) is 0 Å². The van der Waals surface area contributed by atoms with Gasteiger partial charge in [-0.25, -0.2) is 0 Å². The summed E-state index contributed by atoms with van der Waals surface area (Å²) in [7, 11) is 0. The minimum absolute atomic E-state index is 0.568. The molecule has 76 valence electrons. The van der Waals surface area contributed by atoms with Gasteiger partial charge in [0.2, 0.25) is 0 Å². The second-order valence-corrected chi connectivity index (χ2v) is 4.64. The largest absolute Gasteiger partial charge is 0.308 e. The van der Waals surface area contributed by atoms with E-state index in [2.05, 4.69) is 50.4 Å². The Morgan fingerprint density at radius 3 is 2.50 bits per heavy atom. The molecule has 1 aromatic rings. The Balaban J connectivity index is 2.25. The monoisotopic (exact) mass is 189 g/mol. The third-order valence-corrected chi connectivity index (χ3v) is 3.03. The average molecular weight is 189 g/mol. The van der Waals surface area contributed by atoms with Crippen LogP contribution in [0, 0.1) is 0 Å². The van der Waals surface area contributed by atoms with Crippen molar-refractivity contribution in [2.24, 2.45) is 0 Å². The molecule has 1 heteroatoms. The normalized spacial score (nSPS) is 25.4. The zero-order valence-corrected chi connectivity index (χ0v) is 9.25. The SMILES string of the molecule is CC(C)NC1CC(C)c2ccccc21. The summed E-state index contributed by atoms with van der Waals surface area (Å²) in [5.41, 5.74) is 3.04. The van der Waals surface area contributed by atoms with E-state index >= 15 is 0 Å². The summed E-state index contributed by atoms with van der Waals surface area (Å²) >= 11 is 0. The second kappa shape index (κ2) is 3.74. The molecule has 1 aliphatic carbocycles. The molecule has 0 saturated carbocycles. The van der Waals surface area contributed by atoms with Gasteiger partial charge >= 0.3 is 0 Å². The molecule has 0 spiro atoms. The molecule has 1 N–H and O–H groups in total. The molecule has 1 nitrogen and oxygen atoms in total. The maximum atomic E-state index is 3.63.